The lowest BCUT2D eigenvalue weighted by molar-refractivity contribution is -0.130. The molecule has 1 saturated heterocycles. The molecule has 133 heavy (non-hydrogen) atoms. The number of hydrogen-bond donors (Lipinski definition) is 5. The van der Waals surface area contributed by atoms with Crippen molar-refractivity contribution in [3.05, 3.63) is 242 Å². The van der Waals surface area contributed by atoms with Crippen molar-refractivity contribution in [2.24, 2.45) is 0 Å². The second-order valence-corrected chi connectivity index (χ2v) is 34.2. The number of carbonyl (C=O) groups excluding carboxylic acids is 2. The number of nitrogens with one attached hydrogen (secondary N) is 1. The minimum atomic E-state index is -0.270. The van der Waals surface area contributed by atoms with Crippen LogP contribution in [0.15, 0.2) is 214 Å². The van der Waals surface area contributed by atoms with E-state index in [0.717, 1.165) is 202 Å². The van der Waals surface area contributed by atoms with E-state index < -0.39 is 0 Å². The summed E-state index contributed by atoms with van der Waals surface area (Å²) in [6, 6.07) is 35.8. The van der Waals surface area contributed by atoms with Crippen molar-refractivity contribution in [2.75, 3.05) is 69.4 Å². The quantitative estimate of drug-likeness (QED) is 0.0336. The van der Waals surface area contributed by atoms with Gasteiger partial charge in [0.1, 0.15) is 19.6 Å². The number of nitriles is 1. The number of hydrogen-bond acceptors (Lipinski definition) is 33. The summed E-state index contributed by atoms with van der Waals surface area (Å²) < 4.78 is 34.5. The fraction of sp³-hybridized carbons (Fsp3) is 0.330. The first-order valence-corrected chi connectivity index (χ1v) is 44.4. The Hall–Kier alpha value is -15.9. The van der Waals surface area contributed by atoms with Crippen LogP contribution >= 0.6 is 0 Å². The average molecular weight is 1790 g/mol. The largest absolute Gasteiger partial charge is 0.379 e. The second-order valence-electron chi connectivity index (χ2n) is 34.2. The molecule has 12 aromatic heterocycles. The number of likely N-dealkylation sites (N-methyl/N-ethyl adjacent to an activating group) is 1. The Morgan fingerprint density at radius 3 is 1.01 bits per heavy atom. The monoisotopic (exact) mass is 1780 g/mol. The number of benzene rings is 4. The van der Waals surface area contributed by atoms with Gasteiger partial charge in [0.25, 0.3) is 23.6 Å². The molecular weight excluding hydrogens is 1690 g/mol. The molecule has 39 heteroatoms. The Balaban J connectivity index is 0.000000114. The highest BCUT2D eigenvalue weighted by Gasteiger charge is 2.49. The Morgan fingerprint density at radius 2 is 0.707 bits per heavy atom. The van der Waals surface area contributed by atoms with Crippen LogP contribution in [-0.2, 0) is 62.2 Å². The maximum absolute atomic E-state index is 12.2. The molecule has 5 saturated carbocycles. The highest BCUT2D eigenvalue weighted by atomic mass is 16.5. The minimum Gasteiger partial charge on any atom is -0.379 e. The lowest BCUT2D eigenvalue weighted by atomic mass is 9.64. The van der Waals surface area contributed by atoms with Gasteiger partial charge in [0.2, 0.25) is 35.6 Å². The third-order valence-corrected chi connectivity index (χ3v) is 26.0. The van der Waals surface area contributed by atoms with Gasteiger partial charge in [0.15, 0.2) is 23.3 Å². The summed E-state index contributed by atoms with van der Waals surface area (Å²) in [5, 5.41) is 46.3. The lowest BCUT2D eigenvalue weighted by Gasteiger charge is -2.39. The number of morpholine rings is 1. The molecule has 5 aliphatic carbocycles. The van der Waals surface area contributed by atoms with E-state index in [-0.39, 0.29) is 76.9 Å². The Kier molecular flexibility index (Phi) is 24.5. The van der Waals surface area contributed by atoms with Crippen LogP contribution in [0.5, 0.6) is 0 Å². The normalized spacial score (nSPS) is 16.0. The summed E-state index contributed by atoms with van der Waals surface area (Å²) in [6.07, 6.45) is 42.0. The summed E-state index contributed by atoms with van der Waals surface area (Å²) in [4.78, 5) is 79.7. The molecule has 0 radical (unpaired) electrons. The van der Waals surface area contributed by atoms with E-state index in [1.807, 2.05) is 17.8 Å². The molecule has 6 fully saturated rings. The summed E-state index contributed by atoms with van der Waals surface area (Å²) in [5.74, 6) is 5.51. The molecule has 0 bridgehead atoms. The van der Waals surface area contributed by atoms with Crippen LogP contribution in [0, 0.1) is 11.3 Å². The van der Waals surface area contributed by atoms with Gasteiger partial charge < -0.3 is 56.0 Å². The highest BCUT2D eigenvalue weighted by Crippen LogP contribution is 2.53. The number of nitrogen functional groups attached to an aromatic ring is 4. The van der Waals surface area contributed by atoms with Gasteiger partial charge in [-0.2, -0.15) is 45.6 Å². The molecule has 674 valence electrons. The van der Waals surface area contributed by atoms with E-state index >= 15 is 0 Å². The van der Waals surface area contributed by atoms with Gasteiger partial charge >= 0.3 is 0 Å². The number of amides is 2. The van der Waals surface area contributed by atoms with Crippen molar-refractivity contribution in [1.29, 1.82) is 5.26 Å². The molecule has 16 aromatic rings. The predicted molar refractivity (Wildman–Crippen MR) is 485 cm³/mol. The van der Waals surface area contributed by atoms with Gasteiger partial charge in [-0.3, -0.25) is 33.2 Å². The molecule has 0 spiro atoms. The van der Waals surface area contributed by atoms with Gasteiger partial charge in [-0.15, -0.1) is 0 Å². The van der Waals surface area contributed by atoms with Gasteiger partial charge in [-0.05, 0) is 116 Å². The Labute approximate surface area is 762 Å². The Bertz CT molecular complexity index is 6710. The number of anilines is 4. The molecule has 4 aromatic carbocycles. The van der Waals surface area contributed by atoms with Crippen LogP contribution in [0.3, 0.4) is 0 Å². The van der Waals surface area contributed by atoms with Crippen LogP contribution in [0.4, 0.5) is 23.8 Å². The third kappa shape index (κ3) is 18.6. The molecule has 9 N–H and O–H groups in total. The van der Waals surface area contributed by atoms with E-state index in [0.29, 0.717) is 70.3 Å². The fourth-order valence-corrected chi connectivity index (χ4v) is 17.2. The van der Waals surface area contributed by atoms with Crippen molar-refractivity contribution >= 4 is 35.6 Å². The smallest absolute Gasteiger partial charge is 0.261 e. The van der Waals surface area contributed by atoms with Gasteiger partial charge in [0.05, 0.1) is 94.5 Å². The van der Waals surface area contributed by atoms with E-state index in [1.54, 1.807) is 114 Å². The third-order valence-electron chi connectivity index (χ3n) is 26.0. The highest BCUT2D eigenvalue weighted by molar-refractivity contribution is 5.77. The zero-order valence-corrected chi connectivity index (χ0v) is 73.3. The molecule has 22 rings (SSSR count). The number of nitrogens with zero attached hydrogens (tertiary/aromatic N) is 27. The van der Waals surface area contributed by atoms with Gasteiger partial charge in [-0.25, -0.2) is 39.9 Å². The molecule has 2 amide bonds. The van der Waals surface area contributed by atoms with E-state index in [1.165, 1.54) is 10.2 Å². The van der Waals surface area contributed by atoms with Crippen molar-refractivity contribution < 1.29 is 32.4 Å². The first kappa shape index (κ1) is 86.5. The maximum Gasteiger partial charge on any atom is 0.261 e. The first-order chi connectivity index (χ1) is 64.9. The summed E-state index contributed by atoms with van der Waals surface area (Å²) >= 11 is 0. The lowest BCUT2D eigenvalue weighted by Crippen LogP contribution is -2.38. The molecule has 0 unspecified atom stereocenters. The van der Waals surface area contributed by atoms with E-state index in [9.17, 15) is 9.59 Å². The van der Waals surface area contributed by atoms with E-state index in [2.05, 4.69) is 199 Å². The predicted octanol–water partition coefficient (Wildman–Crippen LogP) is 11.4. The van der Waals surface area contributed by atoms with Crippen molar-refractivity contribution in [2.45, 2.75) is 151 Å². The molecule has 39 nitrogen and oxygen atoms in total. The number of carbonyl (C=O) groups is 2. The number of ether oxygens (including phenoxy) is 1. The molecule has 6 aliphatic rings. The van der Waals surface area contributed by atoms with Crippen LogP contribution in [0.25, 0.3) is 90.3 Å². The zero-order chi connectivity index (χ0) is 91.1. The SMILES string of the molecule is CCN(C)C(=O)Cn1cc(-c2nc(C3(c4ccc(-c5cnc(N)nc5)cc4)CCC3)no2)cn1.N#CCn1cc(-c2nc(C3(c4ccc(-c5cnc(N)nc5)cc4)CCC3)no2)cn1.Nc1ncc(-c2ccc(C3(c4noc(-c5cnn(CC(=O)NC6CC6)c5)n4)CCC3)cc2)cn1.Nc1ncc(-c2ccc(C3(c4noc(-c5cnn(CCN6CCOCC6)c5)n4)CCC3)cc2)cn1. The van der Waals surface area contributed by atoms with Crippen LogP contribution in [0.1, 0.15) is 142 Å². The van der Waals surface area contributed by atoms with Crippen molar-refractivity contribution in [3.63, 3.8) is 0 Å². The minimum absolute atomic E-state index is 0.00855. The number of nitrogens with two attached hydrogens (primary N) is 4. The van der Waals surface area contributed by atoms with Gasteiger partial charge in [-0.1, -0.05) is 143 Å². The Morgan fingerprint density at radius 1 is 0.406 bits per heavy atom. The van der Waals surface area contributed by atoms with Crippen molar-refractivity contribution in [3.8, 4) is 96.4 Å². The molecule has 13 heterocycles. The van der Waals surface area contributed by atoms with E-state index in [4.69, 9.17) is 66.0 Å². The summed E-state index contributed by atoms with van der Waals surface area (Å²) in [6.45, 7) is 8.40. The summed E-state index contributed by atoms with van der Waals surface area (Å²) in [5.41, 5.74) is 36.7. The number of aromatic nitrogens is 24. The molecule has 0 atom stereocenters. The zero-order valence-electron chi connectivity index (χ0n) is 73.3. The standard InChI is InChI=1S/C25H28N8O2.C24H24N8O2.C24H26N8O2.C21H18N8O/c26-24-27-14-19(15-28-24)18-2-4-21(5-3-18)25(6-1-7-25)23-30-22(35-31-23)20-16-29-33(17-20)9-8-32-10-12-34-13-11-32;25-23-26-10-16(11-27-23)15-2-4-18(5-3-15)24(8-1-9-24)22-30-21(34-31-22)17-12-28-32(13-17)14-20(33)29-19-6-7-19;1-3-31(2)20(33)15-32-14-18(13-28-32)21-29-22(30-34-21)24(9-4-10-24)19-7-5-16(6-8-19)17-11-26-23(25)27-12-17;22-8-9-29-13-16(12-26-29)18-27-19(28-30-18)21(6-1-7-21)17-4-2-14(3-5-17)15-10-24-20(23)25-11-15/h2-5,14-17H,1,6-13H2,(H2,26,27,28);2-5,10-13,19H,1,6-9,14H2,(H,29,33)(H2,25,26,27);5-8,11-14H,3-4,9-10,15H2,1-2H3,(H2,25,26,27);2-5,10-13H,1,6-7,9H2,(H2,23,24,25). The van der Waals surface area contributed by atoms with Crippen LogP contribution < -0.4 is 28.3 Å². The fourth-order valence-electron chi connectivity index (χ4n) is 17.2. The van der Waals surface area contributed by atoms with Gasteiger partial charge in [0, 0.05) is 136 Å². The maximum atomic E-state index is 12.2. The van der Waals surface area contributed by atoms with Crippen molar-refractivity contribution in [1.82, 2.24) is 135 Å². The number of rotatable bonds is 26. The van der Waals surface area contributed by atoms with Crippen LogP contribution in [-0.4, -0.2) is 194 Å². The average Bonchev–Trinajstić information content (AvgIpc) is 1.75. The second kappa shape index (κ2) is 37.7. The topological polar surface area (TPSA) is 520 Å². The first-order valence-electron chi connectivity index (χ1n) is 44.4. The summed E-state index contributed by atoms with van der Waals surface area (Å²) in [7, 11) is 1.77. The van der Waals surface area contributed by atoms with Crippen LogP contribution in [0.2, 0.25) is 0 Å². The molecule has 1 aliphatic heterocycles. The molecular formula is C94H96N32O7.